The normalized spacial score (nSPS) is 15.0. The summed E-state index contributed by atoms with van der Waals surface area (Å²) in [7, 11) is 3.50. The van der Waals surface area contributed by atoms with Crippen LogP contribution in [0.5, 0.6) is 0 Å². The standard InChI is InChI=1S/C19H25N5O/c1-15-14-20-9-8-17(15)23-10-5-11-24(13-12-23)18-7-4-6-16(21-18)19(25)22(2)3/h4,6-9,14H,5,10-13H2,1-3H3. The van der Waals surface area contributed by atoms with Crippen LogP contribution in [0.1, 0.15) is 22.5 Å². The number of aryl methyl sites for hydroxylation is 1. The molecule has 0 saturated carbocycles. The van der Waals surface area contributed by atoms with E-state index < -0.39 is 0 Å². The molecular weight excluding hydrogens is 314 g/mol. The summed E-state index contributed by atoms with van der Waals surface area (Å²) in [5.41, 5.74) is 2.95. The Balaban J connectivity index is 1.74. The van der Waals surface area contributed by atoms with Crippen LogP contribution in [-0.2, 0) is 0 Å². The maximum atomic E-state index is 12.2. The zero-order valence-corrected chi connectivity index (χ0v) is 15.1. The second-order valence-corrected chi connectivity index (χ2v) is 6.57. The molecule has 1 fully saturated rings. The summed E-state index contributed by atoms with van der Waals surface area (Å²) in [5.74, 6) is 0.812. The molecule has 3 heterocycles. The molecule has 3 rings (SSSR count). The predicted molar refractivity (Wildman–Crippen MR) is 100 cm³/mol. The van der Waals surface area contributed by atoms with Gasteiger partial charge in [-0.25, -0.2) is 4.98 Å². The quantitative estimate of drug-likeness (QED) is 0.858. The number of anilines is 2. The van der Waals surface area contributed by atoms with Crippen molar-refractivity contribution in [3.05, 3.63) is 47.9 Å². The van der Waals surface area contributed by atoms with Gasteiger partial charge < -0.3 is 14.7 Å². The van der Waals surface area contributed by atoms with Crippen LogP contribution in [0.3, 0.4) is 0 Å². The molecule has 1 saturated heterocycles. The van der Waals surface area contributed by atoms with Gasteiger partial charge in [0, 0.05) is 58.4 Å². The first kappa shape index (κ1) is 17.2. The van der Waals surface area contributed by atoms with Gasteiger partial charge in [0.2, 0.25) is 0 Å². The van der Waals surface area contributed by atoms with Crippen molar-refractivity contribution in [2.75, 3.05) is 50.1 Å². The summed E-state index contributed by atoms with van der Waals surface area (Å²) in [6.45, 7) is 5.86. The third kappa shape index (κ3) is 3.90. The van der Waals surface area contributed by atoms with Crippen LogP contribution in [0.2, 0.25) is 0 Å². The molecule has 132 valence electrons. The van der Waals surface area contributed by atoms with Gasteiger partial charge in [-0.1, -0.05) is 6.07 Å². The van der Waals surface area contributed by atoms with E-state index in [4.69, 9.17) is 0 Å². The molecule has 2 aromatic rings. The lowest BCUT2D eigenvalue weighted by atomic mass is 10.2. The summed E-state index contributed by atoms with van der Waals surface area (Å²) in [6.07, 6.45) is 4.81. The van der Waals surface area contributed by atoms with E-state index in [0.29, 0.717) is 5.69 Å². The van der Waals surface area contributed by atoms with E-state index in [-0.39, 0.29) is 5.91 Å². The molecule has 0 atom stereocenters. The molecule has 6 nitrogen and oxygen atoms in total. The van der Waals surface area contributed by atoms with Crippen LogP contribution < -0.4 is 9.80 Å². The highest BCUT2D eigenvalue weighted by Gasteiger charge is 2.19. The van der Waals surface area contributed by atoms with Crippen molar-refractivity contribution in [2.24, 2.45) is 0 Å². The predicted octanol–water partition coefficient (Wildman–Crippen LogP) is 2.20. The Bertz CT molecular complexity index is 746. The summed E-state index contributed by atoms with van der Waals surface area (Å²) in [6, 6.07) is 7.75. The van der Waals surface area contributed by atoms with Gasteiger partial charge in [0.15, 0.2) is 0 Å². The number of hydrogen-bond acceptors (Lipinski definition) is 5. The molecule has 0 spiro atoms. The second-order valence-electron chi connectivity index (χ2n) is 6.57. The monoisotopic (exact) mass is 339 g/mol. The Morgan fingerprint density at radius 2 is 1.84 bits per heavy atom. The zero-order chi connectivity index (χ0) is 17.8. The lowest BCUT2D eigenvalue weighted by molar-refractivity contribution is 0.0822. The summed E-state index contributed by atoms with van der Waals surface area (Å²) < 4.78 is 0. The van der Waals surface area contributed by atoms with E-state index in [1.807, 2.05) is 24.5 Å². The Hall–Kier alpha value is -2.63. The first-order chi connectivity index (χ1) is 12.1. The van der Waals surface area contributed by atoms with Crippen molar-refractivity contribution < 1.29 is 4.79 Å². The molecule has 2 aromatic heterocycles. The van der Waals surface area contributed by atoms with E-state index >= 15 is 0 Å². The van der Waals surface area contributed by atoms with Gasteiger partial charge in [-0.3, -0.25) is 9.78 Å². The van der Waals surface area contributed by atoms with Crippen LogP contribution in [0.15, 0.2) is 36.7 Å². The molecule has 1 aliphatic heterocycles. The molecular formula is C19H25N5O. The minimum atomic E-state index is -0.0642. The van der Waals surface area contributed by atoms with Crippen molar-refractivity contribution in [2.45, 2.75) is 13.3 Å². The molecule has 6 heteroatoms. The Labute approximate surface area is 149 Å². The SMILES string of the molecule is Cc1cnccc1N1CCCN(c2cccc(C(=O)N(C)C)n2)CC1. The second kappa shape index (κ2) is 7.51. The number of hydrogen-bond donors (Lipinski definition) is 0. The molecule has 0 N–H and O–H groups in total. The van der Waals surface area contributed by atoms with Crippen molar-refractivity contribution in [1.29, 1.82) is 0 Å². The average Bonchev–Trinajstić information content (AvgIpc) is 2.87. The highest BCUT2D eigenvalue weighted by atomic mass is 16.2. The topological polar surface area (TPSA) is 52.6 Å². The lowest BCUT2D eigenvalue weighted by Gasteiger charge is -2.25. The van der Waals surface area contributed by atoms with Crippen molar-refractivity contribution in [1.82, 2.24) is 14.9 Å². The maximum absolute atomic E-state index is 12.2. The van der Waals surface area contributed by atoms with Crippen LogP contribution in [-0.4, -0.2) is 61.0 Å². The van der Waals surface area contributed by atoms with Crippen LogP contribution in [0.25, 0.3) is 0 Å². The molecule has 0 aliphatic carbocycles. The van der Waals surface area contributed by atoms with Gasteiger partial charge in [-0.15, -0.1) is 0 Å². The van der Waals surface area contributed by atoms with Crippen molar-refractivity contribution in [3.63, 3.8) is 0 Å². The van der Waals surface area contributed by atoms with Gasteiger partial charge in [-0.2, -0.15) is 0 Å². The van der Waals surface area contributed by atoms with E-state index in [9.17, 15) is 4.79 Å². The fourth-order valence-electron chi connectivity index (χ4n) is 3.16. The minimum Gasteiger partial charge on any atom is -0.369 e. The van der Waals surface area contributed by atoms with Gasteiger partial charge in [0.25, 0.3) is 5.91 Å². The molecule has 25 heavy (non-hydrogen) atoms. The molecule has 0 bridgehead atoms. The number of carbonyl (C=O) groups is 1. The van der Waals surface area contributed by atoms with E-state index in [1.54, 1.807) is 25.1 Å². The van der Waals surface area contributed by atoms with Crippen LogP contribution in [0, 0.1) is 6.92 Å². The summed E-state index contributed by atoms with van der Waals surface area (Å²) in [5, 5.41) is 0. The number of aromatic nitrogens is 2. The number of rotatable bonds is 3. The number of amides is 1. The number of pyridine rings is 2. The van der Waals surface area contributed by atoms with E-state index in [0.717, 1.165) is 38.4 Å². The summed E-state index contributed by atoms with van der Waals surface area (Å²) >= 11 is 0. The van der Waals surface area contributed by atoms with Crippen LogP contribution in [0.4, 0.5) is 11.5 Å². The van der Waals surface area contributed by atoms with E-state index in [2.05, 4.69) is 32.8 Å². The van der Waals surface area contributed by atoms with Gasteiger partial charge in [0.1, 0.15) is 11.5 Å². The highest BCUT2D eigenvalue weighted by molar-refractivity contribution is 5.92. The average molecular weight is 339 g/mol. The van der Waals surface area contributed by atoms with Crippen molar-refractivity contribution >= 4 is 17.4 Å². The van der Waals surface area contributed by atoms with E-state index in [1.165, 1.54) is 11.3 Å². The fourth-order valence-corrected chi connectivity index (χ4v) is 3.16. The third-order valence-corrected chi connectivity index (χ3v) is 4.51. The molecule has 0 radical (unpaired) electrons. The third-order valence-electron chi connectivity index (χ3n) is 4.51. The lowest BCUT2D eigenvalue weighted by Crippen LogP contribution is -2.32. The first-order valence-electron chi connectivity index (χ1n) is 8.65. The molecule has 1 aliphatic rings. The Kier molecular flexibility index (Phi) is 5.16. The molecule has 0 aromatic carbocycles. The van der Waals surface area contributed by atoms with Gasteiger partial charge in [-0.05, 0) is 37.1 Å². The number of nitrogens with zero attached hydrogens (tertiary/aromatic N) is 5. The summed E-state index contributed by atoms with van der Waals surface area (Å²) in [4.78, 5) is 27.1. The molecule has 1 amide bonds. The zero-order valence-electron chi connectivity index (χ0n) is 15.1. The van der Waals surface area contributed by atoms with Crippen LogP contribution >= 0.6 is 0 Å². The highest BCUT2D eigenvalue weighted by Crippen LogP contribution is 2.22. The largest absolute Gasteiger partial charge is 0.369 e. The van der Waals surface area contributed by atoms with Gasteiger partial charge >= 0.3 is 0 Å². The molecule has 0 unspecified atom stereocenters. The Morgan fingerprint density at radius 1 is 1.08 bits per heavy atom. The Morgan fingerprint density at radius 3 is 2.60 bits per heavy atom. The first-order valence-corrected chi connectivity index (χ1v) is 8.65. The minimum absolute atomic E-state index is 0.0642. The van der Waals surface area contributed by atoms with Gasteiger partial charge in [0.05, 0.1) is 0 Å². The number of carbonyl (C=O) groups excluding carboxylic acids is 1. The maximum Gasteiger partial charge on any atom is 0.272 e. The van der Waals surface area contributed by atoms with Crippen molar-refractivity contribution in [3.8, 4) is 0 Å². The fraction of sp³-hybridized carbons (Fsp3) is 0.421. The smallest absolute Gasteiger partial charge is 0.272 e.